The fraction of sp³-hybridized carbons (Fsp3) is 0.355. The van der Waals surface area contributed by atoms with Gasteiger partial charge < -0.3 is 10.2 Å². The third kappa shape index (κ3) is 8.08. The molecule has 214 valence electrons. The van der Waals surface area contributed by atoms with E-state index in [0.717, 1.165) is 21.0 Å². The number of halogens is 1. The first-order valence-electron chi connectivity index (χ1n) is 13.2. The first-order chi connectivity index (χ1) is 18.7. The Morgan fingerprint density at radius 2 is 1.57 bits per heavy atom. The minimum Gasteiger partial charge on any atom is -0.350 e. The second kappa shape index (κ2) is 12.9. The van der Waals surface area contributed by atoms with Gasteiger partial charge >= 0.3 is 0 Å². The molecule has 0 saturated heterocycles. The smallest absolute Gasteiger partial charge is 0.264 e. The number of amides is 2. The molecule has 0 fully saturated rings. The van der Waals surface area contributed by atoms with Crippen molar-refractivity contribution in [1.29, 1.82) is 0 Å². The number of nitrogens with one attached hydrogen (secondary N) is 1. The number of rotatable bonds is 10. The van der Waals surface area contributed by atoms with Crippen molar-refractivity contribution in [1.82, 2.24) is 10.2 Å². The van der Waals surface area contributed by atoms with E-state index in [2.05, 4.69) is 5.32 Å². The van der Waals surface area contributed by atoms with Gasteiger partial charge in [0.15, 0.2) is 0 Å². The summed E-state index contributed by atoms with van der Waals surface area (Å²) in [7, 11) is -4.15. The number of hydrogen-bond donors (Lipinski definition) is 1. The molecule has 0 saturated carbocycles. The Bertz CT molecular complexity index is 1450. The average molecular weight is 584 g/mol. The highest BCUT2D eigenvalue weighted by atomic mass is 35.5. The topological polar surface area (TPSA) is 86.8 Å². The van der Waals surface area contributed by atoms with Crippen LogP contribution in [0.25, 0.3) is 0 Å². The van der Waals surface area contributed by atoms with Gasteiger partial charge in [0, 0.05) is 17.1 Å². The largest absolute Gasteiger partial charge is 0.350 e. The predicted molar refractivity (Wildman–Crippen MR) is 161 cm³/mol. The van der Waals surface area contributed by atoms with E-state index in [9.17, 15) is 18.0 Å². The van der Waals surface area contributed by atoms with E-state index in [1.807, 2.05) is 65.8 Å². The molecule has 7 nitrogen and oxygen atoms in total. The molecular weight excluding hydrogens is 546 g/mol. The highest BCUT2D eigenvalue weighted by Gasteiger charge is 2.34. The number of carbonyl (C=O) groups excluding carboxylic acids is 2. The number of benzene rings is 3. The molecule has 3 aromatic rings. The average Bonchev–Trinajstić information content (AvgIpc) is 2.86. The maximum atomic E-state index is 14.1. The summed E-state index contributed by atoms with van der Waals surface area (Å²) in [4.78, 5) is 29.0. The maximum Gasteiger partial charge on any atom is 0.264 e. The van der Waals surface area contributed by atoms with Crippen LogP contribution in [0.1, 0.15) is 50.8 Å². The van der Waals surface area contributed by atoms with Crippen LogP contribution in [0.15, 0.2) is 77.7 Å². The number of sulfonamides is 1. The first kappa shape index (κ1) is 31.2. The van der Waals surface area contributed by atoms with Crippen LogP contribution in [0.2, 0.25) is 5.02 Å². The van der Waals surface area contributed by atoms with Crippen molar-refractivity contribution < 1.29 is 18.0 Å². The molecule has 0 radical (unpaired) electrons. The van der Waals surface area contributed by atoms with Crippen molar-refractivity contribution in [2.45, 2.75) is 71.0 Å². The second-order valence-corrected chi connectivity index (χ2v) is 13.3. The second-order valence-electron chi connectivity index (χ2n) is 11.0. The van der Waals surface area contributed by atoms with E-state index >= 15 is 0 Å². The van der Waals surface area contributed by atoms with Gasteiger partial charge in [0.2, 0.25) is 11.8 Å². The van der Waals surface area contributed by atoms with Crippen LogP contribution in [-0.4, -0.2) is 43.3 Å². The normalized spacial score (nSPS) is 12.5. The van der Waals surface area contributed by atoms with E-state index in [-0.39, 0.29) is 23.0 Å². The van der Waals surface area contributed by atoms with Gasteiger partial charge in [0.25, 0.3) is 10.0 Å². The van der Waals surface area contributed by atoms with Gasteiger partial charge in [-0.05, 0) is 76.9 Å². The quantitative estimate of drug-likeness (QED) is 0.323. The zero-order valence-corrected chi connectivity index (χ0v) is 25.5. The van der Waals surface area contributed by atoms with E-state index in [1.165, 1.54) is 23.1 Å². The van der Waals surface area contributed by atoms with Crippen molar-refractivity contribution in [3.8, 4) is 0 Å². The minimum absolute atomic E-state index is 0.0497. The Morgan fingerprint density at radius 3 is 2.15 bits per heavy atom. The molecule has 40 heavy (non-hydrogen) atoms. The summed E-state index contributed by atoms with van der Waals surface area (Å²) in [5.41, 5.74) is 2.50. The minimum atomic E-state index is -4.15. The molecule has 3 aromatic carbocycles. The van der Waals surface area contributed by atoms with Gasteiger partial charge in [0.05, 0.1) is 10.6 Å². The van der Waals surface area contributed by atoms with Crippen LogP contribution < -0.4 is 9.62 Å². The molecule has 0 spiro atoms. The Balaban J connectivity index is 2.08. The molecule has 2 amide bonds. The first-order valence-corrected chi connectivity index (χ1v) is 15.0. The number of carbonyl (C=O) groups is 2. The standard InChI is InChI=1S/C31H38ClN3O4S/c1-7-28(30(37)33-31(4,5)6)34(20-24-11-8-10-23(3)18-24)29(36)21-35(26-13-9-12-25(32)19-26)40(38,39)27-16-14-22(2)15-17-27/h8-19,28H,7,20-21H2,1-6H3,(H,33,37)/t28-/m1/s1. The molecule has 0 heterocycles. The lowest BCUT2D eigenvalue weighted by molar-refractivity contribution is -0.141. The SMILES string of the molecule is CC[C@H](C(=O)NC(C)(C)C)N(Cc1cccc(C)c1)C(=O)CN(c1cccc(Cl)c1)S(=O)(=O)c1ccc(C)cc1. The number of hydrogen-bond acceptors (Lipinski definition) is 4. The van der Waals surface area contributed by atoms with Gasteiger partial charge in [-0.2, -0.15) is 0 Å². The van der Waals surface area contributed by atoms with Crippen LogP contribution in [-0.2, 0) is 26.2 Å². The molecule has 0 aliphatic rings. The molecule has 0 aromatic heterocycles. The summed E-state index contributed by atoms with van der Waals surface area (Å²) in [5.74, 6) is -0.806. The number of nitrogens with zero attached hydrogens (tertiary/aromatic N) is 2. The van der Waals surface area contributed by atoms with Gasteiger partial charge in [0.1, 0.15) is 12.6 Å². The fourth-order valence-electron chi connectivity index (χ4n) is 4.38. The summed E-state index contributed by atoms with van der Waals surface area (Å²) < 4.78 is 28.9. The summed E-state index contributed by atoms with van der Waals surface area (Å²) >= 11 is 6.23. The summed E-state index contributed by atoms with van der Waals surface area (Å²) in [6.45, 7) is 10.9. The van der Waals surface area contributed by atoms with E-state index in [4.69, 9.17) is 11.6 Å². The molecule has 0 bridgehead atoms. The zero-order chi connectivity index (χ0) is 29.7. The monoisotopic (exact) mass is 583 g/mol. The number of aryl methyl sites for hydroxylation is 2. The molecule has 9 heteroatoms. The van der Waals surface area contributed by atoms with E-state index < -0.39 is 34.1 Å². The highest BCUT2D eigenvalue weighted by Crippen LogP contribution is 2.27. The Kier molecular flexibility index (Phi) is 10.0. The van der Waals surface area contributed by atoms with Crippen molar-refractivity contribution in [3.63, 3.8) is 0 Å². The fourth-order valence-corrected chi connectivity index (χ4v) is 5.97. The third-order valence-corrected chi connectivity index (χ3v) is 8.33. The lowest BCUT2D eigenvalue weighted by atomic mass is 10.0. The van der Waals surface area contributed by atoms with Crippen LogP contribution in [0.5, 0.6) is 0 Å². The van der Waals surface area contributed by atoms with Gasteiger partial charge in [-0.15, -0.1) is 0 Å². The summed E-state index contributed by atoms with van der Waals surface area (Å²) in [5, 5.41) is 3.31. The van der Waals surface area contributed by atoms with Gasteiger partial charge in [-0.3, -0.25) is 13.9 Å². The van der Waals surface area contributed by atoms with Crippen LogP contribution >= 0.6 is 11.6 Å². The van der Waals surface area contributed by atoms with Gasteiger partial charge in [-0.1, -0.05) is 72.1 Å². The molecule has 3 rings (SSSR count). The molecular formula is C31H38ClN3O4S. The van der Waals surface area contributed by atoms with Crippen molar-refractivity contribution in [2.75, 3.05) is 10.8 Å². The zero-order valence-electron chi connectivity index (χ0n) is 23.9. The maximum absolute atomic E-state index is 14.1. The molecule has 0 aliphatic heterocycles. The Hall–Kier alpha value is -3.36. The molecule has 0 aliphatic carbocycles. The molecule has 0 unspecified atom stereocenters. The van der Waals surface area contributed by atoms with E-state index in [1.54, 1.807) is 30.3 Å². The Labute approximate surface area is 243 Å². The third-order valence-electron chi connectivity index (χ3n) is 6.30. The lowest BCUT2D eigenvalue weighted by Gasteiger charge is -2.35. The van der Waals surface area contributed by atoms with Crippen LogP contribution in [0.3, 0.4) is 0 Å². The van der Waals surface area contributed by atoms with Crippen molar-refractivity contribution in [3.05, 3.63) is 94.5 Å². The summed E-state index contributed by atoms with van der Waals surface area (Å²) in [6, 6.07) is 19.7. The van der Waals surface area contributed by atoms with E-state index in [0.29, 0.717) is 11.4 Å². The van der Waals surface area contributed by atoms with Crippen molar-refractivity contribution >= 4 is 39.1 Å². The number of anilines is 1. The predicted octanol–water partition coefficient (Wildman–Crippen LogP) is 5.87. The Morgan fingerprint density at radius 1 is 0.925 bits per heavy atom. The lowest BCUT2D eigenvalue weighted by Crippen LogP contribution is -2.55. The molecule has 1 N–H and O–H groups in total. The van der Waals surface area contributed by atoms with Crippen LogP contribution in [0.4, 0.5) is 5.69 Å². The summed E-state index contributed by atoms with van der Waals surface area (Å²) in [6.07, 6.45) is 0.349. The van der Waals surface area contributed by atoms with Crippen LogP contribution in [0, 0.1) is 13.8 Å². The highest BCUT2D eigenvalue weighted by molar-refractivity contribution is 7.92. The molecule has 1 atom stereocenters. The van der Waals surface area contributed by atoms with Gasteiger partial charge in [-0.25, -0.2) is 8.42 Å². The van der Waals surface area contributed by atoms with Crippen molar-refractivity contribution in [2.24, 2.45) is 0 Å².